The SMILES string of the molecule is CC(=O)NC[C@H]1CN(c2ccc(OC3CCCN(C(=O)OC(C)(C)C)C3)c(F)c2)C(=O)O1. The van der Waals surface area contributed by atoms with Crippen molar-refractivity contribution in [1.82, 2.24) is 10.2 Å². The van der Waals surface area contributed by atoms with Crippen LogP contribution in [0.4, 0.5) is 19.7 Å². The summed E-state index contributed by atoms with van der Waals surface area (Å²) in [6.07, 6.45) is -0.485. The average molecular weight is 451 g/mol. The van der Waals surface area contributed by atoms with Crippen LogP contribution >= 0.6 is 0 Å². The van der Waals surface area contributed by atoms with Crippen molar-refractivity contribution in [3.63, 3.8) is 0 Å². The lowest BCUT2D eigenvalue weighted by atomic mass is 10.1. The van der Waals surface area contributed by atoms with E-state index in [1.165, 1.54) is 24.0 Å². The number of hydrogen-bond donors (Lipinski definition) is 1. The van der Waals surface area contributed by atoms with Gasteiger partial charge in [-0.15, -0.1) is 0 Å². The minimum Gasteiger partial charge on any atom is -0.486 e. The number of rotatable bonds is 5. The highest BCUT2D eigenvalue weighted by molar-refractivity contribution is 5.90. The summed E-state index contributed by atoms with van der Waals surface area (Å²) >= 11 is 0. The molecule has 2 heterocycles. The second kappa shape index (κ2) is 9.62. The van der Waals surface area contributed by atoms with Crippen LogP contribution in [0.3, 0.4) is 0 Å². The monoisotopic (exact) mass is 451 g/mol. The van der Waals surface area contributed by atoms with E-state index in [4.69, 9.17) is 14.2 Å². The van der Waals surface area contributed by atoms with Crippen molar-refractivity contribution in [2.75, 3.05) is 31.1 Å². The third kappa shape index (κ3) is 6.24. The Morgan fingerprint density at radius 1 is 1.28 bits per heavy atom. The highest BCUT2D eigenvalue weighted by Gasteiger charge is 2.33. The highest BCUT2D eigenvalue weighted by Crippen LogP contribution is 2.29. The third-order valence-corrected chi connectivity index (χ3v) is 5.00. The summed E-state index contributed by atoms with van der Waals surface area (Å²) in [4.78, 5) is 38.4. The molecule has 1 unspecified atom stereocenters. The summed E-state index contributed by atoms with van der Waals surface area (Å²) in [7, 11) is 0. The number of likely N-dealkylation sites (tertiary alicyclic amines) is 1. The molecule has 1 N–H and O–H groups in total. The molecule has 2 fully saturated rings. The number of nitrogens with zero attached hydrogens (tertiary/aromatic N) is 2. The van der Waals surface area contributed by atoms with Crippen LogP contribution in [-0.2, 0) is 14.3 Å². The standard InChI is InChI=1S/C22H30FN3O6/c1-14(27)24-11-17-13-26(21(29)31-17)15-7-8-19(18(23)10-15)30-16-6-5-9-25(12-16)20(28)32-22(2,3)4/h7-8,10,16-17H,5-6,9,11-13H2,1-4H3,(H,24,27)/t16?,17-/m0/s1. The molecule has 0 spiro atoms. The molecule has 32 heavy (non-hydrogen) atoms. The first-order valence-electron chi connectivity index (χ1n) is 10.7. The van der Waals surface area contributed by atoms with Gasteiger partial charge >= 0.3 is 12.2 Å². The first kappa shape index (κ1) is 23.6. The molecule has 2 aliphatic rings. The van der Waals surface area contributed by atoms with E-state index in [0.717, 1.165) is 6.42 Å². The number of amides is 3. The van der Waals surface area contributed by atoms with Gasteiger partial charge in [-0.1, -0.05) is 0 Å². The number of nitrogens with one attached hydrogen (secondary N) is 1. The molecule has 0 aliphatic carbocycles. The van der Waals surface area contributed by atoms with Crippen molar-refractivity contribution in [1.29, 1.82) is 0 Å². The zero-order valence-corrected chi connectivity index (χ0v) is 18.9. The van der Waals surface area contributed by atoms with E-state index in [0.29, 0.717) is 25.2 Å². The van der Waals surface area contributed by atoms with Gasteiger partial charge in [0.15, 0.2) is 11.6 Å². The number of anilines is 1. The summed E-state index contributed by atoms with van der Waals surface area (Å²) in [6.45, 7) is 8.05. The van der Waals surface area contributed by atoms with Gasteiger partial charge in [-0.3, -0.25) is 9.69 Å². The van der Waals surface area contributed by atoms with Gasteiger partial charge < -0.3 is 24.4 Å². The summed E-state index contributed by atoms with van der Waals surface area (Å²) < 4.78 is 31.2. The number of piperidine rings is 1. The van der Waals surface area contributed by atoms with Crippen molar-refractivity contribution in [3.05, 3.63) is 24.0 Å². The summed E-state index contributed by atoms with van der Waals surface area (Å²) in [6, 6.07) is 4.26. The van der Waals surface area contributed by atoms with Gasteiger partial charge in [0.2, 0.25) is 5.91 Å². The zero-order valence-electron chi connectivity index (χ0n) is 18.9. The Labute approximate surface area is 186 Å². The first-order chi connectivity index (χ1) is 15.0. The summed E-state index contributed by atoms with van der Waals surface area (Å²) in [5.74, 6) is -0.790. The Bertz CT molecular complexity index is 872. The predicted molar refractivity (Wildman–Crippen MR) is 114 cm³/mol. The molecule has 0 bridgehead atoms. The molecule has 9 nitrogen and oxygen atoms in total. The maximum Gasteiger partial charge on any atom is 0.414 e. The van der Waals surface area contributed by atoms with Crippen molar-refractivity contribution >= 4 is 23.8 Å². The van der Waals surface area contributed by atoms with Gasteiger partial charge in [-0.05, 0) is 45.7 Å². The van der Waals surface area contributed by atoms with Gasteiger partial charge in [0.1, 0.15) is 17.8 Å². The molecule has 1 aromatic rings. The van der Waals surface area contributed by atoms with Gasteiger partial charge in [-0.25, -0.2) is 14.0 Å². The van der Waals surface area contributed by atoms with Gasteiger partial charge in [-0.2, -0.15) is 0 Å². The molecule has 3 amide bonds. The first-order valence-corrected chi connectivity index (χ1v) is 10.7. The smallest absolute Gasteiger partial charge is 0.414 e. The molecular formula is C22H30FN3O6. The lowest BCUT2D eigenvalue weighted by molar-refractivity contribution is -0.119. The van der Waals surface area contributed by atoms with Crippen LogP contribution in [-0.4, -0.2) is 67.0 Å². The fourth-order valence-corrected chi connectivity index (χ4v) is 3.56. The molecule has 2 saturated heterocycles. The molecular weight excluding hydrogens is 421 g/mol. The topological polar surface area (TPSA) is 97.4 Å². The number of ether oxygens (including phenoxy) is 3. The van der Waals surface area contributed by atoms with Gasteiger partial charge in [0.25, 0.3) is 0 Å². The van der Waals surface area contributed by atoms with E-state index < -0.39 is 29.7 Å². The van der Waals surface area contributed by atoms with Crippen LogP contribution in [0.2, 0.25) is 0 Å². The van der Waals surface area contributed by atoms with Gasteiger partial charge in [0.05, 0.1) is 25.3 Å². The molecule has 0 saturated carbocycles. The van der Waals surface area contributed by atoms with E-state index in [1.807, 2.05) is 0 Å². The average Bonchev–Trinajstić information content (AvgIpc) is 3.07. The van der Waals surface area contributed by atoms with E-state index in [1.54, 1.807) is 31.7 Å². The van der Waals surface area contributed by atoms with Gasteiger partial charge in [0, 0.05) is 19.5 Å². The van der Waals surface area contributed by atoms with Crippen molar-refractivity contribution in [3.8, 4) is 5.75 Å². The molecule has 1 aromatic carbocycles. The Morgan fingerprint density at radius 2 is 2.03 bits per heavy atom. The maximum atomic E-state index is 14.7. The van der Waals surface area contributed by atoms with Crippen molar-refractivity contribution in [2.24, 2.45) is 0 Å². The van der Waals surface area contributed by atoms with E-state index in [2.05, 4.69) is 5.32 Å². The highest BCUT2D eigenvalue weighted by atomic mass is 19.1. The fourth-order valence-electron chi connectivity index (χ4n) is 3.56. The van der Waals surface area contributed by atoms with Crippen LogP contribution in [0, 0.1) is 5.82 Å². The van der Waals surface area contributed by atoms with E-state index in [-0.39, 0.29) is 30.9 Å². The fraction of sp³-hybridized carbons (Fsp3) is 0.591. The maximum absolute atomic E-state index is 14.7. The Balaban J connectivity index is 1.60. The number of carbonyl (C=O) groups is 3. The van der Waals surface area contributed by atoms with Crippen molar-refractivity contribution < 1.29 is 33.0 Å². The van der Waals surface area contributed by atoms with Crippen molar-refractivity contribution in [2.45, 2.75) is 58.3 Å². The minimum atomic E-state index is -0.616. The van der Waals surface area contributed by atoms with Crippen LogP contribution in [0.25, 0.3) is 0 Å². The van der Waals surface area contributed by atoms with Crippen LogP contribution in [0.15, 0.2) is 18.2 Å². The zero-order chi connectivity index (χ0) is 23.5. The molecule has 0 radical (unpaired) electrons. The number of hydrogen-bond acceptors (Lipinski definition) is 6. The third-order valence-electron chi connectivity index (χ3n) is 5.00. The molecule has 176 valence electrons. The van der Waals surface area contributed by atoms with Crippen LogP contribution in [0.5, 0.6) is 5.75 Å². The second-order valence-corrected chi connectivity index (χ2v) is 8.98. The largest absolute Gasteiger partial charge is 0.486 e. The molecule has 3 rings (SSSR count). The number of benzene rings is 1. The molecule has 2 aliphatic heterocycles. The Hall–Kier alpha value is -3.04. The predicted octanol–water partition coefficient (Wildman–Crippen LogP) is 3.07. The Morgan fingerprint density at radius 3 is 2.69 bits per heavy atom. The molecule has 0 aromatic heterocycles. The quantitative estimate of drug-likeness (QED) is 0.739. The lowest BCUT2D eigenvalue weighted by Crippen LogP contribution is -2.46. The normalized spacial score (nSPS) is 21.2. The second-order valence-electron chi connectivity index (χ2n) is 8.98. The Kier molecular flexibility index (Phi) is 7.10. The molecule has 10 heteroatoms. The lowest BCUT2D eigenvalue weighted by Gasteiger charge is -2.34. The minimum absolute atomic E-state index is 0.0483. The van der Waals surface area contributed by atoms with E-state index in [9.17, 15) is 18.8 Å². The summed E-state index contributed by atoms with van der Waals surface area (Å²) in [5, 5.41) is 2.60. The summed E-state index contributed by atoms with van der Waals surface area (Å²) in [5.41, 5.74) is -0.255. The number of carbonyl (C=O) groups excluding carboxylic acids is 3. The number of cyclic esters (lactones) is 1. The molecule has 2 atom stereocenters. The number of halogens is 1. The van der Waals surface area contributed by atoms with E-state index >= 15 is 0 Å². The van der Waals surface area contributed by atoms with Crippen LogP contribution in [0.1, 0.15) is 40.5 Å². The van der Waals surface area contributed by atoms with Crippen LogP contribution < -0.4 is 15.0 Å².